The Hall–Kier alpha value is -1.06. The summed E-state index contributed by atoms with van der Waals surface area (Å²) >= 11 is 0. The van der Waals surface area contributed by atoms with E-state index in [1.54, 1.807) is 0 Å². The van der Waals surface area contributed by atoms with E-state index in [1.165, 1.54) is 16.7 Å². The second kappa shape index (κ2) is 5.73. The molecule has 15 heavy (non-hydrogen) atoms. The molecular weight excluding hydrogens is 190 g/mol. The van der Waals surface area contributed by atoms with Gasteiger partial charge in [-0.1, -0.05) is 17.7 Å². The van der Waals surface area contributed by atoms with Crippen LogP contribution in [0.4, 0.5) is 0 Å². The largest absolute Gasteiger partial charge is 0.493 e. The molecule has 0 aliphatic heterocycles. The van der Waals surface area contributed by atoms with Crippen molar-refractivity contribution in [3.8, 4) is 5.75 Å². The fourth-order valence-electron chi connectivity index (χ4n) is 1.72. The van der Waals surface area contributed by atoms with Gasteiger partial charge in [-0.05, 0) is 38.3 Å². The van der Waals surface area contributed by atoms with Gasteiger partial charge in [0.25, 0.3) is 0 Å². The van der Waals surface area contributed by atoms with Crippen molar-refractivity contribution >= 4 is 0 Å². The molecule has 0 atom stereocenters. The quantitative estimate of drug-likeness (QED) is 0.578. The number of hydroxylamine groups is 1. The van der Waals surface area contributed by atoms with Gasteiger partial charge in [0.1, 0.15) is 5.75 Å². The van der Waals surface area contributed by atoms with Crippen molar-refractivity contribution in [2.24, 2.45) is 0 Å². The molecule has 0 radical (unpaired) electrons. The zero-order chi connectivity index (χ0) is 11.3. The lowest BCUT2D eigenvalue weighted by Gasteiger charge is -2.12. The Balaban J connectivity index is 2.60. The molecule has 1 aromatic rings. The second-order valence-corrected chi connectivity index (χ2v) is 3.84. The Morgan fingerprint density at radius 2 is 1.80 bits per heavy atom. The van der Waals surface area contributed by atoms with Crippen LogP contribution in [0, 0.1) is 20.8 Å². The van der Waals surface area contributed by atoms with Crippen LogP contribution in [0.2, 0.25) is 0 Å². The van der Waals surface area contributed by atoms with Crippen molar-refractivity contribution in [1.29, 1.82) is 0 Å². The van der Waals surface area contributed by atoms with E-state index in [9.17, 15) is 0 Å². The Morgan fingerprint density at radius 3 is 2.33 bits per heavy atom. The Labute approximate surface area is 91.0 Å². The molecular formula is C12H19NO2. The summed E-state index contributed by atoms with van der Waals surface area (Å²) in [5.41, 5.74) is 5.71. The summed E-state index contributed by atoms with van der Waals surface area (Å²) in [6.45, 7) is 7.38. The van der Waals surface area contributed by atoms with Crippen molar-refractivity contribution in [1.82, 2.24) is 5.48 Å². The normalized spacial score (nSPS) is 10.4. The van der Waals surface area contributed by atoms with E-state index in [4.69, 9.17) is 9.94 Å². The van der Waals surface area contributed by atoms with Crippen molar-refractivity contribution in [2.75, 3.05) is 13.2 Å². The number of nitrogens with one attached hydrogen (secondary N) is 1. The van der Waals surface area contributed by atoms with E-state index < -0.39 is 0 Å². The van der Waals surface area contributed by atoms with Crippen LogP contribution >= 0.6 is 0 Å². The highest BCUT2D eigenvalue weighted by Crippen LogP contribution is 2.24. The van der Waals surface area contributed by atoms with Gasteiger partial charge in [0.05, 0.1) is 6.61 Å². The Morgan fingerprint density at radius 1 is 1.20 bits per heavy atom. The molecule has 0 saturated carbocycles. The summed E-state index contributed by atoms with van der Waals surface area (Å²) in [5.74, 6) is 0.971. The number of benzene rings is 1. The fraction of sp³-hybridized carbons (Fsp3) is 0.500. The highest BCUT2D eigenvalue weighted by molar-refractivity contribution is 5.42. The Kier molecular flexibility index (Phi) is 4.59. The highest BCUT2D eigenvalue weighted by Gasteiger charge is 2.04. The first-order valence-corrected chi connectivity index (χ1v) is 5.22. The van der Waals surface area contributed by atoms with E-state index >= 15 is 0 Å². The SMILES string of the molecule is Cc1cc(C)c(OCCCNO)c(C)c1. The molecule has 3 nitrogen and oxygen atoms in total. The molecule has 3 heteroatoms. The van der Waals surface area contributed by atoms with E-state index in [2.05, 4.69) is 38.4 Å². The number of ether oxygens (including phenoxy) is 1. The van der Waals surface area contributed by atoms with Crippen LogP contribution in [-0.2, 0) is 0 Å². The van der Waals surface area contributed by atoms with Crippen LogP contribution in [-0.4, -0.2) is 18.4 Å². The third-order valence-electron chi connectivity index (χ3n) is 2.28. The number of aryl methyl sites for hydroxylation is 3. The minimum absolute atomic E-state index is 0.559. The van der Waals surface area contributed by atoms with Gasteiger partial charge in [0.15, 0.2) is 0 Å². The molecule has 0 spiro atoms. The van der Waals surface area contributed by atoms with E-state index in [0.717, 1.165) is 12.2 Å². The number of rotatable bonds is 5. The molecule has 2 N–H and O–H groups in total. The molecule has 0 saturated heterocycles. The molecule has 0 aromatic heterocycles. The molecule has 1 aromatic carbocycles. The highest BCUT2D eigenvalue weighted by atomic mass is 16.5. The maximum atomic E-state index is 8.40. The van der Waals surface area contributed by atoms with Gasteiger partial charge in [-0.2, -0.15) is 0 Å². The van der Waals surface area contributed by atoms with Crippen LogP contribution < -0.4 is 10.2 Å². The lowest BCUT2D eigenvalue weighted by Crippen LogP contribution is -2.12. The van der Waals surface area contributed by atoms with Crippen LogP contribution in [0.25, 0.3) is 0 Å². The summed E-state index contributed by atoms with van der Waals surface area (Å²) in [5, 5.41) is 8.40. The van der Waals surface area contributed by atoms with Crippen molar-refractivity contribution in [2.45, 2.75) is 27.2 Å². The average molecular weight is 209 g/mol. The summed E-state index contributed by atoms with van der Waals surface area (Å²) in [6.07, 6.45) is 0.795. The van der Waals surface area contributed by atoms with E-state index in [1.807, 2.05) is 0 Å². The number of hydrogen-bond donors (Lipinski definition) is 2. The van der Waals surface area contributed by atoms with Gasteiger partial charge in [0.2, 0.25) is 0 Å². The molecule has 0 fully saturated rings. The van der Waals surface area contributed by atoms with Gasteiger partial charge < -0.3 is 9.94 Å². The lowest BCUT2D eigenvalue weighted by atomic mass is 10.1. The standard InChI is InChI=1S/C12H19NO2/c1-9-7-10(2)12(11(3)8-9)15-6-4-5-13-14/h7-8,13-14H,4-6H2,1-3H3. The maximum Gasteiger partial charge on any atom is 0.125 e. The topological polar surface area (TPSA) is 41.5 Å². The minimum Gasteiger partial charge on any atom is -0.493 e. The average Bonchev–Trinajstić information content (AvgIpc) is 2.15. The maximum absolute atomic E-state index is 8.40. The van der Waals surface area contributed by atoms with Crippen molar-refractivity contribution < 1.29 is 9.94 Å². The van der Waals surface area contributed by atoms with Gasteiger partial charge >= 0.3 is 0 Å². The summed E-state index contributed by atoms with van der Waals surface area (Å²) in [6, 6.07) is 4.24. The molecule has 0 bridgehead atoms. The third kappa shape index (κ3) is 3.53. The van der Waals surface area contributed by atoms with Crippen molar-refractivity contribution in [3.63, 3.8) is 0 Å². The monoisotopic (exact) mass is 209 g/mol. The smallest absolute Gasteiger partial charge is 0.125 e. The fourth-order valence-corrected chi connectivity index (χ4v) is 1.72. The first-order valence-electron chi connectivity index (χ1n) is 5.22. The van der Waals surface area contributed by atoms with Gasteiger partial charge in [-0.25, -0.2) is 5.48 Å². The molecule has 0 heterocycles. The predicted octanol–water partition coefficient (Wildman–Crippen LogP) is 2.36. The lowest BCUT2D eigenvalue weighted by molar-refractivity contribution is 0.157. The predicted molar refractivity (Wildman–Crippen MR) is 60.6 cm³/mol. The van der Waals surface area contributed by atoms with E-state index in [0.29, 0.717) is 13.2 Å². The van der Waals surface area contributed by atoms with Gasteiger partial charge in [-0.15, -0.1) is 0 Å². The molecule has 1 rings (SSSR count). The zero-order valence-corrected chi connectivity index (χ0v) is 9.63. The summed E-state index contributed by atoms with van der Waals surface area (Å²) in [7, 11) is 0. The van der Waals surface area contributed by atoms with Crippen LogP contribution in [0.1, 0.15) is 23.1 Å². The molecule has 0 aliphatic carbocycles. The minimum atomic E-state index is 0.559. The zero-order valence-electron chi connectivity index (χ0n) is 9.63. The first kappa shape index (κ1) is 12.0. The van der Waals surface area contributed by atoms with E-state index in [-0.39, 0.29) is 0 Å². The van der Waals surface area contributed by atoms with Gasteiger partial charge in [0, 0.05) is 6.54 Å². The third-order valence-corrected chi connectivity index (χ3v) is 2.28. The Bertz CT molecular complexity index is 300. The molecule has 0 aliphatic rings. The first-order chi connectivity index (χ1) is 7.15. The van der Waals surface area contributed by atoms with Crippen LogP contribution in [0.15, 0.2) is 12.1 Å². The molecule has 84 valence electrons. The van der Waals surface area contributed by atoms with Crippen molar-refractivity contribution in [3.05, 3.63) is 28.8 Å². The summed E-state index contributed by atoms with van der Waals surface area (Å²) in [4.78, 5) is 0. The molecule has 0 amide bonds. The van der Waals surface area contributed by atoms with Crippen LogP contribution in [0.5, 0.6) is 5.75 Å². The van der Waals surface area contributed by atoms with Crippen LogP contribution in [0.3, 0.4) is 0 Å². The second-order valence-electron chi connectivity index (χ2n) is 3.84. The summed E-state index contributed by atoms with van der Waals surface area (Å²) < 4.78 is 5.67. The number of hydrogen-bond acceptors (Lipinski definition) is 3. The van der Waals surface area contributed by atoms with Gasteiger partial charge in [-0.3, -0.25) is 0 Å². The molecule has 0 unspecified atom stereocenters.